The molecule has 4 aromatic rings. The molecule has 0 aliphatic heterocycles. The fourth-order valence-electron chi connectivity index (χ4n) is 3.30. The van der Waals surface area contributed by atoms with Crippen molar-refractivity contribution in [3.8, 4) is 0 Å². The van der Waals surface area contributed by atoms with Gasteiger partial charge in [-0.05, 0) is 42.0 Å². The molecule has 4 rings (SSSR count). The first-order valence-electron chi connectivity index (χ1n) is 9.53. The van der Waals surface area contributed by atoms with Gasteiger partial charge in [-0.15, -0.1) is 0 Å². The largest absolute Gasteiger partial charge is 0.361 e. The van der Waals surface area contributed by atoms with Gasteiger partial charge in [-0.2, -0.15) is 0 Å². The van der Waals surface area contributed by atoms with Gasteiger partial charge in [0.15, 0.2) is 0 Å². The number of nitrogens with one attached hydrogen (secondary N) is 3. The zero-order valence-electron chi connectivity index (χ0n) is 16.2. The first-order valence-corrected chi connectivity index (χ1v) is 10.3. The molecule has 8 heteroatoms. The summed E-state index contributed by atoms with van der Waals surface area (Å²) in [5.74, 6) is -1.75. The van der Waals surface area contributed by atoms with Crippen LogP contribution in [0.1, 0.15) is 15.9 Å². The molecule has 0 radical (unpaired) electrons. The molecular weight excluding hydrogens is 463 g/mol. The van der Waals surface area contributed by atoms with E-state index in [9.17, 15) is 14.0 Å². The lowest BCUT2D eigenvalue weighted by molar-refractivity contribution is -0.118. The van der Waals surface area contributed by atoms with Gasteiger partial charge < -0.3 is 15.6 Å². The van der Waals surface area contributed by atoms with Gasteiger partial charge in [-0.3, -0.25) is 14.6 Å². The van der Waals surface area contributed by atoms with Gasteiger partial charge in [0.2, 0.25) is 5.91 Å². The summed E-state index contributed by atoms with van der Waals surface area (Å²) in [5.41, 5.74) is 2.19. The van der Waals surface area contributed by atoms with Crippen LogP contribution in [0.3, 0.4) is 0 Å². The number of halogens is 2. The highest BCUT2D eigenvalue weighted by molar-refractivity contribution is 9.10. The van der Waals surface area contributed by atoms with Crippen molar-refractivity contribution in [1.29, 1.82) is 0 Å². The number of H-pyrrole nitrogens is 1. The molecule has 2 amide bonds. The van der Waals surface area contributed by atoms with Crippen LogP contribution in [0.5, 0.6) is 0 Å². The molecule has 0 unspecified atom stereocenters. The molecule has 2 aromatic heterocycles. The minimum atomic E-state index is -0.932. The summed E-state index contributed by atoms with van der Waals surface area (Å²) in [7, 11) is 0. The van der Waals surface area contributed by atoms with Crippen LogP contribution in [0.2, 0.25) is 0 Å². The van der Waals surface area contributed by atoms with E-state index in [0.717, 1.165) is 16.5 Å². The standard InChI is InChI=1S/C23H18BrFN4O2/c24-15-5-6-19(25)18(12-15)22(30)29-21(23(31)28-16-7-9-26-10-8-16)11-14-13-27-20-4-2-1-3-17(14)20/h1-10,12-13,21,27H,11H2,(H,29,30)(H,26,28,31)/t21-/m0/s1. The number of hydrogen-bond acceptors (Lipinski definition) is 3. The van der Waals surface area contributed by atoms with E-state index in [1.54, 1.807) is 24.5 Å². The van der Waals surface area contributed by atoms with E-state index in [2.05, 4.69) is 36.5 Å². The van der Waals surface area contributed by atoms with Crippen LogP contribution in [0, 0.1) is 5.82 Å². The van der Waals surface area contributed by atoms with Crippen molar-refractivity contribution in [1.82, 2.24) is 15.3 Å². The Kier molecular flexibility index (Phi) is 6.08. The Balaban J connectivity index is 1.62. The van der Waals surface area contributed by atoms with Crippen LogP contribution < -0.4 is 10.6 Å². The molecule has 2 heterocycles. The quantitative estimate of drug-likeness (QED) is 0.381. The number of carbonyl (C=O) groups excluding carboxylic acids is 2. The molecule has 0 aliphatic rings. The predicted octanol–water partition coefficient (Wildman–Crippen LogP) is 4.44. The van der Waals surface area contributed by atoms with E-state index < -0.39 is 23.7 Å². The first-order chi connectivity index (χ1) is 15.0. The summed E-state index contributed by atoms with van der Waals surface area (Å²) >= 11 is 3.24. The number of nitrogens with zero attached hydrogens (tertiary/aromatic N) is 1. The summed E-state index contributed by atoms with van der Waals surface area (Å²) in [6.07, 6.45) is 5.14. The number of anilines is 1. The van der Waals surface area contributed by atoms with Crippen LogP contribution in [0.15, 0.2) is 77.7 Å². The third-order valence-corrected chi connectivity index (χ3v) is 5.33. The predicted molar refractivity (Wildman–Crippen MR) is 120 cm³/mol. The van der Waals surface area contributed by atoms with Gasteiger partial charge >= 0.3 is 0 Å². The minimum Gasteiger partial charge on any atom is -0.361 e. The Labute approximate surface area is 186 Å². The third kappa shape index (κ3) is 4.80. The fourth-order valence-corrected chi connectivity index (χ4v) is 3.66. The van der Waals surface area contributed by atoms with E-state index in [1.807, 2.05) is 30.5 Å². The zero-order valence-corrected chi connectivity index (χ0v) is 17.8. The number of fused-ring (bicyclic) bond motifs is 1. The molecule has 6 nitrogen and oxygen atoms in total. The van der Waals surface area contributed by atoms with Gasteiger partial charge in [0, 0.05) is 46.1 Å². The zero-order chi connectivity index (χ0) is 21.8. The number of amides is 2. The topological polar surface area (TPSA) is 86.9 Å². The van der Waals surface area contributed by atoms with Crippen molar-refractivity contribution in [2.45, 2.75) is 12.5 Å². The molecule has 0 bridgehead atoms. The molecule has 0 aliphatic carbocycles. The van der Waals surface area contributed by atoms with E-state index >= 15 is 0 Å². The second-order valence-electron chi connectivity index (χ2n) is 6.94. The van der Waals surface area contributed by atoms with E-state index in [4.69, 9.17) is 0 Å². The van der Waals surface area contributed by atoms with E-state index in [0.29, 0.717) is 10.2 Å². The van der Waals surface area contributed by atoms with Crippen molar-refractivity contribution in [2.75, 3.05) is 5.32 Å². The number of hydrogen-bond donors (Lipinski definition) is 3. The molecule has 0 saturated heterocycles. The van der Waals surface area contributed by atoms with Crippen molar-refractivity contribution < 1.29 is 14.0 Å². The summed E-state index contributed by atoms with van der Waals surface area (Å²) in [5, 5.41) is 6.41. The monoisotopic (exact) mass is 480 g/mol. The lowest BCUT2D eigenvalue weighted by atomic mass is 10.0. The highest BCUT2D eigenvalue weighted by Gasteiger charge is 2.25. The fraction of sp³-hybridized carbons (Fsp3) is 0.0870. The number of carbonyl (C=O) groups is 2. The van der Waals surface area contributed by atoms with Crippen molar-refractivity contribution in [2.24, 2.45) is 0 Å². The highest BCUT2D eigenvalue weighted by atomic mass is 79.9. The number of aromatic nitrogens is 2. The lowest BCUT2D eigenvalue weighted by Crippen LogP contribution is -2.45. The van der Waals surface area contributed by atoms with Gasteiger partial charge in [-0.1, -0.05) is 34.1 Å². The van der Waals surface area contributed by atoms with Crippen molar-refractivity contribution in [3.05, 3.63) is 94.6 Å². The Hall–Kier alpha value is -3.52. The first kappa shape index (κ1) is 20.7. The van der Waals surface area contributed by atoms with Gasteiger partial charge in [0.05, 0.1) is 5.56 Å². The molecule has 2 aromatic carbocycles. The van der Waals surface area contributed by atoms with E-state index in [-0.39, 0.29) is 12.0 Å². The van der Waals surface area contributed by atoms with E-state index in [1.165, 1.54) is 18.2 Å². The van der Waals surface area contributed by atoms with Crippen LogP contribution in [0.25, 0.3) is 10.9 Å². The molecule has 1 atom stereocenters. The molecule has 3 N–H and O–H groups in total. The molecular formula is C23H18BrFN4O2. The molecule has 156 valence electrons. The van der Waals surface area contributed by atoms with Crippen LogP contribution in [0.4, 0.5) is 10.1 Å². The molecule has 0 fully saturated rings. The average molecular weight is 481 g/mol. The maximum Gasteiger partial charge on any atom is 0.254 e. The van der Waals surface area contributed by atoms with Crippen molar-refractivity contribution >= 4 is 44.3 Å². The number of rotatable bonds is 6. The number of aromatic amines is 1. The summed E-state index contributed by atoms with van der Waals surface area (Å²) in [4.78, 5) is 32.9. The highest BCUT2D eigenvalue weighted by Crippen LogP contribution is 2.20. The van der Waals surface area contributed by atoms with Gasteiger partial charge in [0.25, 0.3) is 5.91 Å². The molecule has 31 heavy (non-hydrogen) atoms. The third-order valence-electron chi connectivity index (χ3n) is 4.84. The molecule has 0 spiro atoms. The Morgan fingerprint density at radius 1 is 1.10 bits per heavy atom. The Morgan fingerprint density at radius 3 is 2.68 bits per heavy atom. The SMILES string of the molecule is O=C(N[C@@H](Cc1c[nH]c2ccccc12)C(=O)Nc1ccncc1)c1cc(Br)ccc1F. The average Bonchev–Trinajstić information content (AvgIpc) is 3.18. The summed E-state index contributed by atoms with van der Waals surface area (Å²) < 4.78 is 14.8. The van der Waals surface area contributed by atoms with Gasteiger partial charge in [0.1, 0.15) is 11.9 Å². The van der Waals surface area contributed by atoms with Crippen LogP contribution in [-0.4, -0.2) is 27.8 Å². The van der Waals surface area contributed by atoms with Crippen LogP contribution >= 0.6 is 15.9 Å². The number of benzene rings is 2. The maximum absolute atomic E-state index is 14.2. The number of para-hydroxylation sites is 1. The summed E-state index contributed by atoms with van der Waals surface area (Å²) in [6, 6.07) is 14.1. The summed E-state index contributed by atoms with van der Waals surface area (Å²) in [6.45, 7) is 0. The minimum absolute atomic E-state index is 0.144. The maximum atomic E-state index is 14.2. The van der Waals surface area contributed by atoms with Crippen molar-refractivity contribution in [3.63, 3.8) is 0 Å². The second-order valence-corrected chi connectivity index (χ2v) is 7.85. The van der Waals surface area contributed by atoms with Crippen LogP contribution in [-0.2, 0) is 11.2 Å². The lowest BCUT2D eigenvalue weighted by Gasteiger charge is -2.19. The second kappa shape index (κ2) is 9.09. The normalized spacial score (nSPS) is 11.8. The van der Waals surface area contributed by atoms with Gasteiger partial charge in [-0.25, -0.2) is 4.39 Å². The smallest absolute Gasteiger partial charge is 0.254 e. The number of pyridine rings is 1. The Morgan fingerprint density at radius 2 is 1.87 bits per heavy atom. The Bertz CT molecular complexity index is 1240. The molecule has 0 saturated carbocycles.